The van der Waals surface area contributed by atoms with Crippen molar-refractivity contribution in [3.63, 3.8) is 0 Å². The minimum Gasteiger partial charge on any atom is -0.493 e. The van der Waals surface area contributed by atoms with Crippen LogP contribution in [0.25, 0.3) is 16.6 Å². The summed E-state index contributed by atoms with van der Waals surface area (Å²) in [6.45, 7) is 1.42. The average molecular weight is 396 g/mol. The van der Waals surface area contributed by atoms with Gasteiger partial charge >= 0.3 is 5.69 Å². The molecular formula is C20H17FN4O4. The first-order valence-electron chi connectivity index (χ1n) is 8.73. The zero-order valence-electron chi connectivity index (χ0n) is 16.0. The Morgan fingerprint density at radius 1 is 1.10 bits per heavy atom. The molecule has 0 saturated carbocycles. The molecule has 0 amide bonds. The second kappa shape index (κ2) is 7.01. The van der Waals surface area contributed by atoms with Crippen LogP contribution in [0.2, 0.25) is 0 Å². The molecule has 0 aliphatic carbocycles. The van der Waals surface area contributed by atoms with Gasteiger partial charge in [0.1, 0.15) is 11.6 Å². The lowest BCUT2D eigenvalue weighted by Crippen LogP contribution is -2.30. The molecule has 4 aromatic rings. The molecule has 0 aliphatic heterocycles. The van der Waals surface area contributed by atoms with Crippen LogP contribution in [0.5, 0.6) is 11.5 Å². The van der Waals surface area contributed by atoms with Gasteiger partial charge in [0.2, 0.25) is 0 Å². The van der Waals surface area contributed by atoms with Crippen molar-refractivity contribution in [1.82, 2.24) is 19.2 Å². The second-order valence-electron chi connectivity index (χ2n) is 6.42. The van der Waals surface area contributed by atoms with Crippen molar-refractivity contribution in [3.8, 4) is 11.5 Å². The average Bonchev–Trinajstić information content (AvgIpc) is 3.12. The van der Waals surface area contributed by atoms with Crippen molar-refractivity contribution in [2.75, 3.05) is 14.2 Å². The van der Waals surface area contributed by atoms with E-state index in [0.717, 1.165) is 4.52 Å². The van der Waals surface area contributed by atoms with Gasteiger partial charge in [-0.1, -0.05) is 0 Å². The summed E-state index contributed by atoms with van der Waals surface area (Å²) < 4.78 is 26.3. The first kappa shape index (κ1) is 18.6. The third-order valence-corrected chi connectivity index (χ3v) is 4.63. The Balaban J connectivity index is 1.97. The highest BCUT2D eigenvalue weighted by atomic mass is 19.1. The van der Waals surface area contributed by atoms with Crippen LogP contribution in [-0.4, -0.2) is 39.2 Å². The highest BCUT2D eigenvalue weighted by Gasteiger charge is 2.19. The molecule has 29 heavy (non-hydrogen) atoms. The number of hydrogen-bond donors (Lipinski definition) is 0. The smallest absolute Gasteiger partial charge is 0.351 e. The molecule has 2 heterocycles. The molecule has 0 N–H and O–H groups in total. The number of hydrogen-bond acceptors (Lipinski definition) is 6. The van der Waals surface area contributed by atoms with Crippen LogP contribution >= 0.6 is 0 Å². The van der Waals surface area contributed by atoms with Crippen molar-refractivity contribution in [2.45, 2.75) is 13.5 Å². The summed E-state index contributed by atoms with van der Waals surface area (Å²) in [5.41, 5.74) is 0.578. The van der Waals surface area contributed by atoms with E-state index in [1.165, 1.54) is 43.1 Å². The van der Waals surface area contributed by atoms with E-state index in [2.05, 4.69) is 10.1 Å². The van der Waals surface area contributed by atoms with Crippen molar-refractivity contribution in [3.05, 3.63) is 64.1 Å². The summed E-state index contributed by atoms with van der Waals surface area (Å²) in [5, 5.41) is 4.73. The Morgan fingerprint density at radius 3 is 2.41 bits per heavy atom. The molecule has 0 unspecified atom stereocenters. The number of carbonyl (C=O) groups is 1. The van der Waals surface area contributed by atoms with Gasteiger partial charge in [0.15, 0.2) is 22.9 Å². The van der Waals surface area contributed by atoms with Crippen LogP contribution in [0.4, 0.5) is 4.39 Å². The van der Waals surface area contributed by atoms with Gasteiger partial charge in [0, 0.05) is 17.0 Å². The minimum absolute atomic E-state index is 0.259. The summed E-state index contributed by atoms with van der Waals surface area (Å²) in [7, 11) is 2.99. The molecule has 0 atom stereocenters. The van der Waals surface area contributed by atoms with E-state index in [-0.39, 0.29) is 12.3 Å². The molecule has 148 valence electrons. The molecule has 0 radical (unpaired) electrons. The van der Waals surface area contributed by atoms with Crippen molar-refractivity contribution in [2.24, 2.45) is 0 Å². The molecule has 0 saturated heterocycles. The van der Waals surface area contributed by atoms with Crippen LogP contribution in [0, 0.1) is 12.7 Å². The van der Waals surface area contributed by atoms with Crippen LogP contribution in [0.15, 0.2) is 41.2 Å². The van der Waals surface area contributed by atoms with Gasteiger partial charge in [-0.3, -0.25) is 9.36 Å². The Hall–Kier alpha value is -3.75. The van der Waals surface area contributed by atoms with E-state index < -0.39 is 11.5 Å². The summed E-state index contributed by atoms with van der Waals surface area (Å²) >= 11 is 0. The first-order valence-corrected chi connectivity index (χ1v) is 8.73. The van der Waals surface area contributed by atoms with Crippen molar-refractivity contribution in [1.29, 1.82) is 0 Å². The number of methoxy groups -OCH3 is 2. The summed E-state index contributed by atoms with van der Waals surface area (Å²) in [5.74, 6) is 0.487. The molecule has 2 aromatic heterocycles. The SMILES string of the molecule is COc1cc2c(cc1OC)n(CC(=O)c1ccc(F)cc1)c(=O)n1nc(C)nc21. The summed E-state index contributed by atoms with van der Waals surface area (Å²) in [4.78, 5) is 30.2. The fourth-order valence-electron chi connectivity index (χ4n) is 3.23. The van der Waals surface area contributed by atoms with Gasteiger partial charge in [0.05, 0.1) is 26.3 Å². The van der Waals surface area contributed by atoms with Gasteiger partial charge < -0.3 is 9.47 Å². The molecule has 9 heteroatoms. The number of halogens is 1. The Morgan fingerprint density at radius 2 is 1.76 bits per heavy atom. The van der Waals surface area contributed by atoms with Crippen LogP contribution in [0.3, 0.4) is 0 Å². The maximum Gasteiger partial charge on any atom is 0.351 e. The Labute approximate surface area is 164 Å². The molecule has 0 bridgehead atoms. The van der Waals surface area contributed by atoms with E-state index in [1.54, 1.807) is 19.1 Å². The number of ether oxygens (including phenoxy) is 2. The number of Topliss-reactive ketones (excluding diaryl/α,β-unsaturated/α-hetero) is 1. The molecule has 0 aliphatic rings. The maximum atomic E-state index is 13.2. The predicted octanol–water partition coefficient (Wildman–Crippen LogP) is 2.39. The molecule has 0 spiro atoms. The molecular weight excluding hydrogens is 379 g/mol. The number of rotatable bonds is 5. The lowest BCUT2D eigenvalue weighted by Gasteiger charge is -2.14. The number of aromatic nitrogens is 4. The van der Waals surface area contributed by atoms with Crippen LogP contribution in [0.1, 0.15) is 16.2 Å². The Kier molecular flexibility index (Phi) is 4.50. The zero-order valence-corrected chi connectivity index (χ0v) is 16.0. The fraction of sp³-hybridized carbons (Fsp3) is 0.200. The third kappa shape index (κ3) is 3.10. The quantitative estimate of drug-likeness (QED) is 0.482. The number of ketones is 1. The van der Waals surface area contributed by atoms with Gasteiger partial charge in [-0.25, -0.2) is 14.2 Å². The summed E-state index contributed by atoms with van der Waals surface area (Å²) in [6, 6.07) is 8.48. The van der Waals surface area contributed by atoms with Crippen LogP contribution in [-0.2, 0) is 6.54 Å². The van der Waals surface area contributed by atoms with E-state index >= 15 is 0 Å². The highest BCUT2D eigenvalue weighted by molar-refractivity contribution is 5.98. The number of nitrogens with zero attached hydrogens (tertiary/aromatic N) is 4. The predicted molar refractivity (Wildman–Crippen MR) is 103 cm³/mol. The normalized spacial score (nSPS) is 11.2. The van der Waals surface area contributed by atoms with E-state index in [4.69, 9.17) is 9.47 Å². The van der Waals surface area contributed by atoms with Crippen LogP contribution < -0.4 is 15.2 Å². The minimum atomic E-state index is -0.518. The standard InChI is InChI=1S/C20H17FN4O4/c1-11-22-19-14-8-17(28-2)18(29-3)9-15(14)24(20(27)25(19)23-11)10-16(26)12-4-6-13(21)7-5-12/h4-9H,10H2,1-3H3. The number of aryl methyl sites for hydroxylation is 1. The Bertz CT molecular complexity index is 1310. The van der Waals surface area contributed by atoms with Gasteiger partial charge in [-0.15, -0.1) is 5.10 Å². The number of benzene rings is 2. The zero-order chi connectivity index (χ0) is 20.7. The van der Waals surface area contributed by atoms with Crippen molar-refractivity contribution < 1.29 is 18.7 Å². The lowest BCUT2D eigenvalue weighted by molar-refractivity contribution is 0.0971. The van der Waals surface area contributed by atoms with E-state index in [0.29, 0.717) is 39.4 Å². The van der Waals surface area contributed by atoms with E-state index in [1.807, 2.05) is 0 Å². The van der Waals surface area contributed by atoms with Gasteiger partial charge in [-0.2, -0.15) is 4.52 Å². The summed E-state index contributed by atoms with van der Waals surface area (Å²) in [6.07, 6.45) is 0. The number of fused-ring (bicyclic) bond motifs is 3. The molecule has 0 fully saturated rings. The van der Waals surface area contributed by atoms with Gasteiger partial charge in [0.25, 0.3) is 0 Å². The molecule has 8 nitrogen and oxygen atoms in total. The van der Waals surface area contributed by atoms with E-state index in [9.17, 15) is 14.0 Å². The molecule has 2 aromatic carbocycles. The van der Waals surface area contributed by atoms with Crippen molar-refractivity contribution >= 4 is 22.3 Å². The van der Waals surface area contributed by atoms with Gasteiger partial charge in [-0.05, 0) is 37.3 Å². The lowest BCUT2D eigenvalue weighted by atomic mass is 10.1. The maximum absolute atomic E-state index is 13.2. The first-order chi connectivity index (χ1) is 13.9. The monoisotopic (exact) mass is 396 g/mol. The molecule has 4 rings (SSSR count). The second-order valence-corrected chi connectivity index (χ2v) is 6.42. The number of carbonyl (C=O) groups excluding carboxylic acids is 1. The third-order valence-electron chi connectivity index (χ3n) is 4.63. The topological polar surface area (TPSA) is 87.7 Å². The largest absolute Gasteiger partial charge is 0.493 e. The highest BCUT2D eigenvalue weighted by Crippen LogP contribution is 2.33. The fourth-order valence-corrected chi connectivity index (χ4v) is 3.23.